The summed E-state index contributed by atoms with van der Waals surface area (Å²) in [6, 6.07) is 8.55. The lowest BCUT2D eigenvalue weighted by molar-refractivity contribution is 0.0358. The zero-order chi connectivity index (χ0) is 43.1. The van der Waals surface area contributed by atoms with Crippen LogP contribution in [0.2, 0.25) is 0 Å². The highest BCUT2D eigenvalue weighted by molar-refractivity contribution is 6.05. The fourth-order valence-electron chi connectivity index (χ4n) is 7.72. The lowest BCUT2D eigenvalue weighted by Crippen LogP contribution is -2.37. The van der Waals surface area contributed by atoms with Gasteiger partial charge in [-0.2, -0.15) is 10.2 Å². The number of ether oxygens (including phenoxy) is 2. The maximum absolute atomic E-state index is 13.9. The number of hydrogen-bond donors (Lipinski definition) is 4. The number of imidazole rings is 2. The number of nitrogens with zero attached hydrogens (tertiary/aromatic N) is 10. The number of pyridine rings is 1. The van der Waals surface area contributed by atoms with Crippen molar-refractivity contribution in [3.05, 3.63) is 82.6 Å². The number of aromatic nitrogens is 9. The van der Waals surface area contributed by atoms with E-state index in [1.807, 2.05) is 30.6 Å². The van der Waals surface area contributed by atoms with Crippen LogP contribution in [-0.2, 0) is 17.8 Å². The first-order chi connectivity index (χ1) is 30.0. The molecule has 0 radical (unpaired) electrons. The number of anilines is 2. The fraction of sp³-hybridized carbons (Fsp3) is 0.405. The van der Waals surface area contributed by atoms with E-state index in [1.54, 1.807) is 38.2 Å². The number of nitrogens with two attached hydrogens (primary N) is 2. The predicted octanol–water partition coefficient (Wildman–Crippen LogP) is 3.52. The molecule has 0 unspecified atom stereocenters. The van der Waals surface area contributed by atoms with Crippen LogP contribution < -0.4 is 26.8 Å². The van der Waals surface area contributed by atoms with Crippen molar-refractivity contribution < 1.29 is 28.7 Å². The third-order valence-electron chi connectivity index (χ3n) is 11.1. The van der Waals surface area contributed by atoms with Crippen LogP contribution in [0.5, 0.6) is 5.75 Å². The summed E-state index contributed by atoms with van der Waals surface area (Å²) in [5.74, 6) is -1.25. The zero-order valence-electron chi connectivity index (χ0n) is 34.5. The average Bonchev–Trinajstić information content (AvgIpc) is 4.15. The molecule has 62 heavy (non-hydrogen) atoms. The molecule has 2 saturated carbocycles. The summed E-state index contributed by atoms with van der Waals surface area (Å²) in [6.45, 7) is 8.32. The second-order valence-corrected chi connectivity index (χ2v) is 16.0. The Bertz CT molecular complexity index is 2750. The molecule has 2 aliphatic carbocycles. The van der Waals surface area contributed by atoms with Gasteiger partial charge in [0.05, 0.1) is 54.4 Å². The van der Waals surface area contributed by atoms with Crippen LogP contribution in [-0.4, -0.2) is 112 Å². The number of primary amides is 2. The number of fused-ring (bicyclic) bond motifs is 2. The normalized spacial score (nSPS) is 15.8. The molecule has 6 heterocycles. The van der Waals surface area contributed by atoms with Gasteiger partial charge in [0.1, 0.15) is 28.2 Å². The van der Waals surface area contributed by atoms with Crippen LogP contribution in [0.3, 0.4) is 0 Å². The van der Waals surface area contributed by atoms with Gasteiger partial charge in [0.2, 0.25) is 23.7 Å². The Morgan fingerprint density at radius 2 is 1.34 bits per heavy atom. The van der Waals surface area contributed by atoms with Crippen LogP contribution in [0.25, 0.3) is 22.2 Å². The summed E-state index contributed by atoms with van der Waals surface area (Å²) in [6.07, 6.45) is 9.61. The van der Waals surface area contributed by atoms with Gasteiger partial charge in [-0.25, -0.2) is 15.0 Å². The van der Waals surface area contributed by atoms with E-state index in [4.69, 9.17) is 25.9 Å². The molecule has 3 aliphatic rings. The number of allylic oxidation sites excluding steroid dienone is 2. The van der Waals surface area contributed by atoms with Crippen molar-refractivity contribution in [1.82, 2.24) is 48.5 Å². The molecule has 1 saturated heterocycles. The largest absolute Gasteiger partial charge is 0.491 e. The summed E-state index contributed by atoms with van der Waals surface area (Å²) in [5, 5.41) is 15.0. The van der Waals surface area contributed by atoms with Gasteiger partial charge in [-0.15, -0.1) is 0 Å². The number of hydrogen-bond acceptors (Lipinski definition) is 12. The van der Waals surface area contributed by atoms with E-state index in [2.05, 4.69) is 35.7 Å². The first-order valence-corrected chi connectivity index (χ1v) is 20.8. The smallest absolute Gasteiger partial charge is 0.276 e. The van der Waals surface area contributed by atoms with Gasteiger partial charge in [0.15, 0.2) is 5.65 Å². The summed E-state index contributed by atoms with van der Waals surface area (Å²) < 4.78 is 18.9. The Kier molecular flexibility index (Phi) is 11.0. The number of carbonyl (C=O) groups excluding carboxylic acids is 4. The standard InChI is InChI=1S/C42H48N14O6/c1-24-18-32(55(50-24)28-6-7-28)39(59)48-41-46-30-20-26(36(43)57)22-34(62-15-5-10-52-13-16-61-17-14-52)35(30)53(41)11-3-4-12-54-38-31(21-27(23-45-38)37(44)58)47-42(54)49-40(60)33-19-25(2)51-56(33)29-8-9-29/h3-4,18-23,28-29H,5-17H2,1-2H3,(H2,43,57)(H2,44,58)(H,46,48,59)(H,47,49,60). The number of nitrogens with one attached hydrogen (secondary N) is 2. The summed E-state index contributed by atoms with van der Waals surface area (Å²) in [7, 11) is 0. The molecule has 1 aromatic carbocycles. The number of carbonyl (C=O) groups is 4. The quantitative estimate of drug-likeness (QED) is 0.0761. The minimum Gasteiger partial charge on any atom is -0.491 e. The summed E-state index contributed by atoms with van der Waals surface area (Å²) in [5.41, 5.74) is 15.8. The number of amides is 4. The third kappa shape index (κ3) is 8.50. The third-order valence-corrected chi connectivity index (χ3v) is 11.1. The van der Waals surface area contributed by atoms with Gasteiger partial charge in [0.25, 0.3) is 11.8 Å². The van der Waals surface area contributed by atoms with Gasteiger partial charge < -0.3 is 25.5 Å². The van der Waals surface area contributed by atoms with Crippen LogP contribution in [0.15, 0.2) is 48.7 Å². The van der Waals surface area contributed by atoms with E-state index in [0.29, 0.717) is 59.2 Å². The van der Waals surface area contributed by atoms with Crippen molar-refractivity contribution in [1.29, 1.82) is 0 Å². The summed E-state index contributed by atoms with van der Waals surface area (Å²) >= 11 is 0. The highest BCUT2D eigenvalue weighted by Crippen LogP contribution is 2.37. The maximum atomic E-state index is 13.9. The number of morpholine rings is 1. The molecule has 5 aromatic heterocycles. The minimum atomic E-state index is -0.658. The highest BCUT2D eigenvalue weighted by Gasteiger charge is 2.31. The molecule has 0 bridgehead atoms. The van der Waals surface area contributed by atoms with Gasteiger partial charge in [-0.05, 0) is 76.3 Å². The molecule has 6 N–H and O–H groups in total. The topological polar surface area (TPSA) is 250 Å². The second kappa shape index (κ2) is 16.8. The van der Waals surface area contributed by atoms with Crippen LogP contribution in [0.4, 0.5) is 11.9 Å². The van der Waals surface area contributed by atoms with Crippen molar-refractivity contribution in [3.8, 4) is 5.75 Å². The highest BCUT2D eigenvalue weighted by atomic mass is 16.5. The van der Waals surface area contributed by atoms with Crippen LogP contribution in [0.1, 0.15) is 97.3 Å². The molecule has 20 heteroatoms. The van der Waals surface area contributed by atoms with E-state index in [-0.39, 0.29) is 60.0 Å². The second-order valence-electron chi connectivity index (χ2n) is 16.0. The molecule has 6 aromatic rings. The maximum Gasteiger partial charge on any atom is 0.276 e. The van der Waals surface area contributed by atoms with Crippen molar-refractivity contribution in [2.75, 3.05) is 50.1 Å². The lowest BCUT2D eigenvalue weighted by Gasteiger charge is -2.26. The van der Waals surface area contributed by atoms with Crippen molar-refractivity contribution in [2.24, 2.45) is 11.5 Å². The zero-order valence-corrected chi connectivity index (χ0v) is 34.5. The predicted molar refractivity (Wildman–Crippen MR) is 227 cm³/mol. The Morgan fingerprint density at radius 1 is 0.774 bits per heavy atom. The van der Waals surface area contributed by atoms with Gasteiger partial charge in [0, 0.05) is 44.5 Å². The van der Waals surface area contributed by atoms with Crippen molar-refractivity contribution >= 4 is 57.7 Å². The van der Waals surface area contributed by atoms with E-state index in [0.717, 1.165) is 63.1 Å². The minimum absolute atomic E-state index is 0.164. The Morgan fingerprint density at radius 3 is 1.94 bits per heavy atom. The van der Waals surface area contributed by atoms with Crippen LogP contribution >= 0.6 is 0 Å². The average molecular weight is 845 g/mol. The fourth-order valence-corrected chi connectivity index (χ4v) is 7.72. The van der Waals surface area contributed by atoms with Gasteiger partial charge in [-0.3, -0.25) is 48.6 Å². The van der Waals surface area contributed by atoms with E-state index < -0.39 is 11.8 Å². The monoisotopic (exact) mass is 844 g/mol. The molecular formula is C42H48N14O6. The van der Waals surface area contributed by atoms with Crippen LogP contribution in [0, 0.1) is 13.8 Å². The summed E-state index contributed by atoms with van der Waals surface area (Å²) in [4.78, 5) is 68.5. The molecule has 4 amide bonds. The molecule has 1 aliphatic heterocycles. The Hall–Kier alpha value is -6.93. The molecule has 9 rings (SSSR count). The van der Waals surface area contributed by atoms with E-state index in [1.165, 1.54) is 12.3 Å². The number of rotatable bonds is 17. The molecule has 20 nitrogen and oxygen atoms in total. The molecule has 0 atom stereocenters. The van der Waals surface area contributed by atoms with E-state index >= 15 is 0 Å². The SMILES string of the molecule is Cc1cc(C(=O)Nc2nc3cc(C(N)=O)cnc3n2CC=CCn2c(NC(=O)c3cc(C)nn3C3CC3)nc3cc(C(N)=O)cc(OCCCN4CCOCC4)c32)n(C2CC2)n1. The Labute approximate surface area is 355 Å². The van der Waals surface area contributed by atoms with Gasteiger partial charge in [-0.1, -0.05) is 12.2 Å². The number of aryl methyl sites for hydroxylation is 2. The first kappa shape index (κ1) is 40.5. The molecular weight excluding hydrogens is 797 g/mol. The lowest BCUT2D eigenvalue weighted by atomic mass is 10.1. The van der Waals surface area contributed by atoms with Crippen molar-refractivity contribution in [2.45, 2.75) is 71.1 Å². The molecule has 0 spiro atoms. The molecule has 322 valence electrons. The first-order valence-electron chi connectivity index (χ1n) is 20.8. The van der Waals surface area contributed by atoms with E-state index in [9.17, 15) is 19.2 Å². The Balaban J connectivity index is 1.04. The number of benzene rings is 1. The van der Waals surface area contributed by atoms with Crippen molar-refractivity contribution in [3.63, 3.8) is 0 Å². The van der Waals surface area contributed by atoms with Gasteiger partial charge >= 0.3 is 0 Å². The molecule has 3 fully saturated rings.